The third kappa shape index (κ3) is 3.98. The highest BCUT2D eigenvalue weighted by Crippen LogP contribution is 2.25. The Kier molecular flexibility index (Phi) is 5.46. The lowest BCUT2D eigenvalue weighted by Gasteiger charge is -2.20. The van der Waals surface area contributed by atoms with E-state index in [0.29, 0.717) is 0 Å². The average molecular weight is 309 g/mol. The van der Waals surface area contributed by atoms with E-state index in [2.05, 4.69) is 55.4 Å². The largest absolute Gasteiger partial charge is 0.369 e. The highest BCUT2D eigenvalue weighted by atomic mass is 35.5. The number of hydrogen-bond donors (Lipinski definition) is 1. The van der Waals surface area contributed by atoms with Crippen molar-refractivity contribution in [1.29, 1.82) is 0 Å². The van der Waals surface area contributed by atoms with Crippen molar-refractivity contribution >= 4 is 28.6 Å². The van der Waals surface area contributed by atoms with Gasteiger partial charge in [-0.2, -0.15) is 0 Å². The van der Waals surface area contributed by atoms with Gasteiger partial charge in [-0.25, -0.2) is 0 Å². The van der Waals surface area contributed by atoms with E-state index in [1.807, 2.05) is 6.07 Å². The van der Waals surface area contributed by atoms with E-state index >= 15 is 0 Å². The van der Waals surface area contributed by atoms with Gasteiger partial charge in [0.05, 0.1) is 10.9 Å². The molecule has 1 aromatic carbocycles. The fourth-order valence-corrected chi connectivity index (χ4v) is 3.28. The Morgan fingerprint density at radius 2 is 2.05 bits per heavy atom. The molecular weight excluding hydrogens is 288 g/mol. The van der Waals surface area contributed by atoms with Crippen LogP contribution in [0.5, 0.6) is 0 Å². The summed E-state index contributed by atoms with van der Waals surface area (Å²) in [5.41, 5.74) is 3.94. The van der Waals surface area contributed by atoms with Gasteiger partial charge in [0.15, 0.2) is 0 Å². The Morgan fingerprint density at radius 3 is 2.65 bits per heavy atom. The standard InChI is InChI=1S/C16H21ClN2S/c1-4-18-10-13-5-6-14(9-12(13)2)19(3)11-15-7-8-16(17)20-15/h5-9,18H,4,10-11H2,1-3H3. The van der Waals surface area contributed by atoms with Gasteiger partial charge in [0.2, 0.25) is 0 Å². The minimum absolute atomic E-state index is 0.852. The van der Waals surface area contributed by atoms with Crippen LogP contribution in [-0.2, 0) is 13.1 Å². The van der Waals surface area contributed by atoms with Crippen LogP contribution in [0.1, 0.15) is 22.9 Å². The SMILES string of the molecule is CCNCc1ccc(N(C)Cc2ccc(Cl)s2)cc1C. The summed E-state index contributed by atoms with van der Waals surface area (Å²) in [6.45, 7) is 7.13. The molecule has 20 heavy (non-hydrogen) atoms. The van der Waals surface area contributed by atoms with E-state index in [-0.39, 0.29) is 0 Å². The molecule has 0 bridgehead atoms. The molecule has 0 aliphatic rings. The molecule has 0 spiro atoms. The predicted molar refractivity (Wildman–Crippen MR) is 90.0 cm³/mol. The summed E-state index contributed by atoms with van der Waals surface area (Å²) in [5, 5.41) is 3.37. The van der Waals surface area contributed by atoms with Crippen molar-refractivity contribution in [3.05, 3.63) is 50.7 Å². The second kappa shape index (κ2) is 7.11. The molecular formula is C16H21ClN2S. The van der Waals surface area contributed by atoms with Gasteiger partial charge < -0.3 is 10.2 Å². The lowest BCUT2D eigenvalue weighted by molar-refractivity contribution is 0.723. The van der Waals surface area contributed by atoms with E-state index in [0.717, 1.165) is 24.0 Å². The second-order valence-corrected chi connectivity index (χ2v) is 6.75. The first kappa shape index (κ1) is 15.4. The number of benzene rings is 1. The van der Waals surface area contributed by atoms with Crippen molar-refractivity contribution in [3.8, 4) is 0 Å². The third-order valence-corrected chi connectivity index (χ3v) is 4.57. The van der Waals surface area contributed by atoms with E-state index < -0.39 is 0 Å². The molecule has 0 atom stereocenters. The summed E-state index contributed by atoms with van der Waals surface area (Å²) in [6, 6.07) is 10.7. The highest BCUT2D eigenvalue weighted by Gasteiger charge is 2.06. The molecule has 0 fully saturated rings. The zero-order valence-electron chi connectivity index (χ0n) is 12.2. The van der Waals surface area contributed by atoms with Crippen molar-refractivity contribution < 1.29 is 0 Å². The molecule has 4 heteroatoms. The number of anilines is 1. The Balaban J connectivity index is 2.06. The van der Waals surface area contributed by atoms with Crippen LogP contribution < -0.4 is 10.2 Å². The van der Waals surface area contributed by atoms with Crippen molar-refractivity contribution in [3.63, 3.8) is 0 Å². The van der Waals surface area contributed by atoms with Crippen molar-refractivity contribution in [2.24, 2.45) is 0 Å². The Hall–Kier alpha value is -1.03. The molecule has 2 rings (SSSR count). The van der Waals surface area contributed by atoms with Gasteiger partial charge in [0.25, 0.3) is 0 Å². The molecule has 1 aromatic heterocycles. The maximum atomic E-state index is 5.98. The summed E-state index contributed by atoms with van der Waals surface area (Å²) < 4.78 is 0.852. The maximum absolute atomic E-state index is 5.98. The number of thiophene rings is 1. The molecule has 0 saturated carbocycles. The molecule has 0 aliphatic carbocycles. The van der Waals surface area contributed by atoms with Crippen LogP contribution in [0.4, 0.5) is 5.69 Å². The van der Waals surface area contributed by atoms with E-state index in [1.165, 1.54) is 21.7 Å². The summed E-state index contributed by atoms with van der Waals surface area (Å²) in [7, 11) is 2.12. The van der Waals surface area contributed by atoms with E-state index in [9.17, 15) is 0 Å². The summed E-state index contributed by atoms with van der Waals surface area (Å²) in [6.07, 6.45) is 0. The van der Waals surface area contributed by atoms with Gasteiger partial charge in [0.1, 0.15) is 0 Å². The first-order chi connectivity index (χ1) is 9.60. The fraction of sp³-hybridized carbons (Fsp3) is 0.375. The van der Waals surface area contributed by atoms with Crippen LogP contribution in [0, 0.1) is 6.92 Å². The molecule has 2 aromatic rings. The van der Waals surface area contributed by atoms with Crippen LogP contribution in [0.2, 0.25) is 4.34 Å². The number of halogens is 1. The van der Waals surface area contributed by atoms with Gasteiger partial charge in [-0.05, 0) is 48.9 Å². The molecule has 0 saturated heterocycles. The average Bonchev–Trinajstić information content (AvgIpc) is 2.82. The first-order valence-electron chi connectivity index (χ1n) is 6.85. The molecule has 0 radical (unpaired) electrons. The molecule has 0 aliphatic heterocycles. The number of nitrogens with one attached hydrogen (secondary N) is 1. The molecule has 1 heterocycles. The van der Waals surface area contributed by atoms with Crippen LogP contribution in [0.15, 0.2) is 30.3 Å². The van der Waals surface area contributed by atoms with Crippen molar-refractivity contribution in [1.82, 2.24) is 5.32 Å². The molecule has 2 nitrogen and oxygen atoms in total. The summed E-state index contributed by atoms with van der Waals surface area (Å²) in [4.78, 5) is 3.54. The van der Waals surface area contributed by atoms with Crippen molar-refractivity contribution in [2.45, 2.75) is 26.9 Å². The minimum Gasteiger partial charge on any atom is -0.369 e. The normalized spacial score (nSPS) is 10.8. The van der Waals surface area contributed by atoms with Crippen LogP contribution in [0.25, 0.3) is 0 Å². The smallest absolute Gasteiger partial charge is 0.0931 e. The minimum atomic E-state index is 0.852. The molecule has 1 N–H and O–H groups in total. The monoisotopic (exact) mass is 308 g/mol. The van der Waals surface area contributed by atoms with Gasteiger partial charge >= 0.3 is 0 Å². The Labute approximate surface area is 130 Å². The Morgan fingerprint density at radius 1 is 1.25 bits per heavy atom. The highest BCUT2D eigenvalue weighted by molar-refractivity contribution is 7.16. The quantitative estimate of drug-likeness (QED) is 0.848. The Bertz CT molecular complexity index is 565. The molecule has 0 amide bonds. The summed E-state index contributed by atoms with van der Waals surface area (Å²) in [5.74, 6) is 0. The zero-order valence-corrected chi connectivity index (χ0v) is 13.8. The van der Waals surface area contributed by atoms with Gasteiger partial charge in [-0.15, -0.1) is 11.3 Å². The maximum Gasteiger partial charge on any atom is 0.0931 e. The van der Waals surface area contributed by atoms with E-state index in [1.54, 1.807) is 11.3 Å². The lowest BCUT2D eigenvalue weighted by Crippen LogP contribution is -2.17. The van der Waals surface area contributed by atoms with Crippen LogP contribution >= 0.6 is 22.9 Å². The number of aryl methyl sites for hydroxylation is 1. The number of rotatable bonds is 6. The second-order valence-electron chi connectivity index (χ2n) is 4.95. The van der Waals surface area contributed by atoms with Gasteiger partial charge in [-0.3, -0.25) is 0 Å². The topological polar surface area (TPSA) is 15.3 Å². The lowest BCUT2D eigenvalue weighted by atomic mass is 10.1. The number of nitrogens with zero attached hydrogens (tertiary/aromatic N) is 1. The fourth-order valence-electron chi connectivity index (χ4n) is 2.14. The van der Waals surface area contributed by atoms with Gasteiger partial charge in [0, 0.05) is 24.2 Å². The molecule has 0 unspecified atom stereocenters. The van der Waals surface area contributed by atoms with Crippen LogP contribution in [-0.4, -0.2) is 13.6 Å². The summed E-state index contributed by atoms with van der Waals surface area (Å²) >= 11 is 7.62. The third-order valence-electron chi connectivity index (χ3n) is 3.35. The molecule has 108 valence electrons. The predicted octanol–water partition coefficient (Wildman–Crippen LogP) is 4.46. The van der Waals surface area contributed by atoms with Crippen molar-refractivity contribution in [2.75, 3.05) is 18.5 Å². The zero-order chi connectivity index (χ0) is 14.5. The number of hydrogen-bond acceptors (Lipinski definition) is 3. The van der Waals surface area contributed by atoms with Crippen LogP contribution in [0.3, 0.4) is 0 Å². The first-order valence-corrected chi connectivity index (χ1v) is 8.05. The van der Waals surface area contributed by atoms with E-state index in [4.69, 9.17) is 11.6 Å². The van der Waals surface area contributed by atoms with Gasteiger partial charge in [-0.1, -0.05) is 24.6 Å².